The standard InChI is InChI=1S/C11H15ClN2S/c12-10-2-1-5-14-11(10)15-8-9-3-6-13-7-4-9/h1-2,5,9,13H,3-4,6-8H2. The fraction of sp³-hybridized carbons (Fsp3) is 0.545. The van der Waals surface area contributed by atoms with E-state index in [1.807, 2.05) is 12.1 Å². The van der Waals surface area contributed by atoms with E-state index in [1.54, 1.807) is 18.0 Å². The van der Waals surface area contributed by atoms with Gasteiger partial charge in [-0.1, -0.05) is 11.6 Å². The molecule has 0 aromatic carbocycles. The minimum atomic E-state index is 0.774. The van der Waals surface area contributed by atoms with Crippen LogP contribution in [0.5, 0.6) is 0 Å². The molecule has 0 saturated carbocycles. The van der Waals surface area contributed by atoms with Gasteiger partial charge in [-0.25, -0.2) is 4.98 Å². The highest BCUT2D eigenvalue weighted by atomic mass is 35.5. The fourth-order valence-corrected chi connectivity index (χ4v) is 3.08. The number of hydrogen-bond acceptors (Lipinski definition) is 3. The summed E-state index contributed by atoms with van der Waals surface area (Å²) >= 11 is 7.83. The smallest absolute Gasteiger partial charge is 0.115 e. The predicted octanol–water partition coefficient (Wildman–Crippen LogP) is 2.83. The number of hydrogen-bond donors (Lipinski definition) is 1. The van der Waals surface area contributed by atoms with Crippen LogP contribution in [-0.2, 0) is 0 Å². The summed E-state index contributed by atoms with van der Waals surface area (Å²) in [6, 6.07) is 3.77. The maximum atomic E-state index is 6.05. The normalized spacial score (nSPS) is 17.9. The lowest BCUT2D eigenvalue weighted by molar-refractivity contribution is 0.408. The molecule has 0 radical (unpaired) electrons. The molecule has 0 amide bonds. The fourth-order valence-electron chi connectivity index (χ4n) is 1.72. The van der Waals surface area contributed by atoms with Crippen molar-refractivity contribution in [2.45, 2.75) is 17.9 Å². The zero-order chi connectivity index (χ0) is 10.5. The van der Waals surface area contributed by atoms with Gasteiger partial charge in [0.15, 0.2) is 0 Å². The van der Waals surface area contributed by atoms with Gasteiger partial charge < -0.3 is 5.32 Å². The number of rotatable bonds is 3. The Labute approximate surface area is 99.8 Å². The van der Waals surface area contributed by atoms with Crippen molar-refractivity contribution in [2.24, 2.45) is 5.92 Å². The van der Waals surface area contributed by atoms with Crippen LogP contribution in [0.4, 0.5) is 0 Å². The van der Waals surface area contributed by atoms with E-state index in [1.165, 1.54) is 12.8 Å². The summed E-state index contributed by atoms with van der Waals surface area (Å²) in [5, 5.41) is 5.12. The van der Waals surface area contributed by atoms with E-state index >= 15 is 0 Å². The maximum Gasteiger partial charge on any atom is 0.115 e. The largest absolute Gasteiger partial charge is 0.317 e. The number of aromatic nitrogens is 1. The Morgan fingerprint density at radius 2 is 2.27 bits per heavy atom. The lowest BCUT2D eigenvalue weighted by atomic mass is 10.0. The third-order valence-corrected chi connectivity index (χ3v) is 4.29. The minimum Gasteiger partial charge on any atom is -0.317 e. The Bertz CT molecular complexity index is 313. The van der Waals surface area contributed by atoms with Crippen LogP contribution in [0.1, 0.15) is 12.8 Å². The topological polar surface area (TPSA) is 24.9 Å². The Morgan fingerprint density at radius 1 is 1.47 bits per heavy atom. The molecule has 0 spiro atoms. The summed E-state index contributed by atoms with van der Waals surface area (Å²) in [5.74, 6) is 1.95. The van der Waals surface area contributed by atoms with Crippen LogP contribution in [0.3, 0.4) is 0 Å². The molecular formula is C11H15ClN2S. The quantitative estimate of drug-likeness (QED) is 0.826. The third-order valence-electron chi connectivity index (χ3n) is 2.64. The van der Waals surface area contributed by atoms with E-state index in [-0.39, 0.29) is 0 Å². The molecule has 1 N–H and O–H groups in total. The third kappa shape index (κ3) is 3.37. The van der Waals surface area contributed by atoms with Gasteiger partial charge >= 0.3 is 0 Å². The predicted molar refractivity (Wildman–Crippen MR) is 65.6 cm³/mol. The molecule has 1 saturated heterocycles. The molecule has 0 unspecified atom stereocenters. The number of pyridine rings is 1. The van der Waals surface area contributed by atoms with E-state index in [0.717, 1.165) is 34.8 Å². The molecular weight excluding hydrogens is 228 g/mol. The van der Waals surface area contributed by atoms with Gasteiger partial charge in [-0.15, -0.1) is 11.8 Å². The zero-order valence-electron chi connectivity index (χ0n) is 8.58. The average Bonchev–Trinajstić information content (AvgIpc) is 2.29. The van der Waals surface area contributed by atoms with Gasteiger partial charge in [0.2, 0.25) is 0 Å². The van der Waals surface area contributed by atoms with Gasteiger partial charge in [0.25, 0.3) is 0 Å². The van der Waals surface area contributed by atoms with Crippen LogP contribution in [0.2, 0.25) is 5.02 Å². The van der Waals surface area contributed by atoms with Crippen molar-refractivity contribution in [3.8, 4) is 0 Å². The van der Waals surface area contributed by atoms with E-state index in [0.29, 0.717) is 0 Å². The molecule has 0 atom stereocenters. The SMILES string of the molecule is Clc1cccnc1SCC1CCNCC1. The second-order valence-corrected chi connectivity index (χ2v) is 5.21. The monoisotopic (exact) mass is 242 g/mol. The number of piperidine rings is 1. The van der Waals surface area contributed by atoms with Crippen LogP contribution < -0.4 is 5.32 Å². The number of halogens is 1. The van der Waals surface area contributed by atoms with E-state index < -0.39 is 0 Å². The molecule has 15 heavy (non-hydrogen) atoms. The van der Waals surface area contributed by atoms with Crippen molar-refractivity contribution in [1.29, 1.82) is 0 Å². The van der Waals surface area contributed by atoms with Crippen molar-refractivity contribution < 1.29 is 0 Å². The van der Waals surface area contributed by atoms with Crippen LogP contribution in [0.25, 0.3) is 0 Å². The molecule has 2 rings (SSSR count). The molecule has 0 aliphatic carbocycles. The second-order valence-electron chi connectivity index (χ2n) is 3.79. The molecule has 1 aliphatic rings. The van der Waals surface area contributed by atoms with Crippen LogP contribution in [0, 0.1) is 5.92 Å². The number of nitrogens with zero attached hydrogens (tertiary/aromatic N) is 1. The van der Waals surface area contributed by atoms with Gasteiger partial charge in [-0.2, -0.15) is 0 Å². The summed E-state index contributed by atoms with van der Waals surface area (Å²) < 4.78 is 0. The van der Waals surface area contributed by atoms with Gasteiger partial charge in [-0.05, 0) is 44.0 Å². The Hall–Kier alpha value is -0.250. The molecule has 0 bridgehead atoms. The lowest BCUT2D eigenvalue weighted by Crippen LogP contribution is -2.28. The van der Waals surface area contributed by atoms with Crippen molar-refractivity contribution in [2.75, 3.05) is 18.8 Å². The van der Waals surface area contributed by atoms with E-state index in [2.05, 4.69) is 10.3 Å². The van der Waals surface area contributed by atoms with E-state index in [4.69, 9.17) is 11.6 Å². The molecule has 1 aromatic heterocycles. The Kier molecular flexibility index (Phi) is 4.29. The minimum absolute atomic E-state index is 0.774. The first-order valence-corrected chi connectivity index (χ1v) is 6.66. The van der Waals surface area contributed by atoms with Crippen molar-refractivity contribution in [1.82, 2.24) is 10.3 Å². The summed E-state index contributed by atoms with van der Waals surface area (Å²) in [7, 11) is 0. The van der Waals surface area contributed by atoms with Crippen molar-refractivity contribution in [3.63, 3.8) is 0 Å². The molecule has 1 fully saturated rings. The van der Waals surface area contributed by atoms with Gasteiger partial charge in [0.1, 0.15) is 5.03 Å². The van der Waals surface area contributed by atoms with Crippen LogP contribution in [0.15, 0.2) is 23.4 Å². The molecule has 4 heteroatoms. The highest BCUT2D eigenvalue weighted by molar-refractivity contribution is 7.99. The first kappa shape index (κ1) is 11.2. The summed E-state index contributed by atoms with van der Waals surface area (Å²) in [6.45, 7) is 2.31. The maximum absolute atomic E-state index is 6.05. The summed E-state index contributed by atoms with van der Waals surface area (Å²) in [4.78, 5) is 4.28. The Balaban J connectivity index is 1.84. The van der Waals surface area contributed by atoms with Crippen LogP contribution >= 0.6 is 23.4 Å². The number of nitrogens with one attached hydrogen (secondary N) is 1. The Morgan fingerprint density at radius 3 is 3.00 bits per heavy atom. The van der Waals surface area contributed by atoms with Gasteiger partial charge in [0, 0.05) is 11.9 Å². The lowest BCUT2D eigenvalue weighted by Gasteiger charge is -2.21. The molecule has 2 heterocycles. The van der Waals surface area contributed by atoms with Crippen LogP contribution in [-0.4, -0.2) is 23.8 Å². The first-order chi connectivity index (χ1) is 7.36. The van der Waals surface area contributed by atoms with Gasteiger partial charge in [0.05, 0.1) is 5.02 Å². The summed E-state index contributed by atoms with van der Waals surface area (Å²) in [6.07, 6.45) is 4.35. The first-order valence-electron chi connectivity index (χ1n) is 5.30. The summed E-state index contributed by atoms with van der Waals surface area (Å²) in [5.41, 5.74) is 0. The van der Waals surface area contributed by atoms with Crippen molar-refractivity contribution in [3.05, 3.63) is 23.4 Å². The molecule has 82 valence electrons. The average molecular weight is 243 g/mol. The van der Waals surface area contributed by atoms with Crippen molar-refractivity contribution >= 4 is 23.4 Å². The molecule has 2 nitrogen and oxygen atoms in total. The highest BCUT2D eigenvalue weighted by Gasteiger charge is 2.14. The second kappa shape index (κ2) is 5.73. The molecule has 1 aromatic rings. The molecule has 1 aliphatic heterocycles. The number of thioether (sulfide) groups is 1. The highest BCUT2D eigenvalue weighted by Crippen LogP contribution is 2.28. The zero-order valence-corrected chi connectivity index (χ0v) is 10.2. The van der Waals surface area contributed by atoms with E-state index in [9.17, 15) is 0 Å². The van der Waals surface area contributed by atoms with Gasteiger partial charge in [-0.3, -0.25) is 0 Å².